The molecule has 1 aliphatic rings. The fraction of sp³-hybridized carbons (Fsp3) is 1.00. The van der Waals surface area contributed by atoms with E-state index in [9.17, 15) is 5.11 Å². The summed E-state index contributed by atoms with van der Waals surface area (Å²) in [6.07, 6.45) is 3.45. The molecule has 3 nitrogen and oxygen atoms in total. The van der Waals surface area contributed by atoms with Crippen LogP contribution in [-0.2, 0) is 4.74 Å². The molecule has 0 radical (unpaired) electrons. The van der Waals surface area contributed by atoms with Crippen LogP contribution in [0.2, 0.25) is 0 Å². The largest absolute Gasteiger partial charge is 0.389 e. The standard InChI is InChI=1S/C11H23NO2/c1-9(6-7-14-3)11(2,13)8-12-10-4-5-10/h9-10,12-13H,4-8H2,1-3H3. The Balaban J connectivity index is 2.21. The minimum Gasteiger partial charge on any atom is -0.389 e. The number of methoxy groups -OCH3 is 1. The van der Waals surface area contributed by atoms with Gasteiger partial charge in [-0.3, -0.25) is 0 Å². The van der Waals surface area contributed by atoms with Crippen molar-refractivity contribution in [3.63, 3.8) is 0 Å². The van der Waals surface area contributed by atoms with E-state index in [1.165, 1.54) is 12.8 Å². The van der Waals surface area contributed by atoms with E-state index in [1.807, 2.05) is 6.92 Å². The lowest BCUT2D eigenvalue weighted by Gasteiger charge is -2.30. The zero-order valence-corrected chi connectivity index (χ0v) is 9.55. The van der Waals surface area contributed by atoms with Crippen molar-refractivity contribution < 1.29 is 9.84 Å². The summed E-state index contributed by atoms with van der Waals surface area (Å²) in [7, 11) is 1.70. The molecule has 2 atom stereocenters. The second-order valence-corrected chi connectivity index (χ2v) is 4.69. The van der Waals surface area contributed by atoms with Crippen LogP contribution in [0.4, 0.5) is 0 Å². The van der Waals surface area contributed by atoms with Crippen molar-refractivity contribution in [2.45, 2.75) is 44.8 Å². The van der Waals surface area contributed by atoms with Crippen molar-refractivity contribution in [1.29, 1.82) is 0 Å². The van der Waals surface area contributed by atoms with Gasteiger partial charge in [-0.25, -0.2) is 0 Å². The fourth-order valence-corrected chi connectivity index (χ4v) is 1.42. The van der Waals surface area contributed by atoms with Gasteiger partial charge in [-0.2, -0.15) is 0 Å². The van der Waals surface area contributed by atoms with Crippen LogP contribution in [0, 0.1) is 5.92 Å². The van der Waals surface area contributed by atoms with Crippen molar-refractivity contribution in [2.24, 2.45) is 5.92 Å². The van der Waals surface area contributed by atoms with E-state index in [1.54, 1.807) is 7.11 Å². The summed E-state index contributed by atoms with van der Waals surface area (Å²) in [6, 6.07) is 0.663. The van der Waals surface area contributed by atoms with Gasteiger partial charge in [-0.1, -0.05) is 6.92 Å². The highest BCUT2D eigenvalue weighted by Gasteiger charge is 2.30. The number of hydrogen-bond donors (Lipinski definition) is 2. The van der Waals surface area contributed by atoms with Crippen molar-refractivity contribution in [3.05, 3.63) is 0 Å². The quantitative estimate of drug-likeness (QED) is 0.649. The Morgan fingerprint density at radius 1 is 1.57 bits per heavy atom. The molecule has 0 aromatic heterocycles. The maximum atomic E-state index is 10.2. The molecule has 1 aliphatic carbocycles. The first-order valence-corrected chi connectivity index (χ1v) is 5.51. The van der Waals surface area contributed by atoms with Gasteiger partial charge in [0, 0.05) is 26.3 Å². The highest BCUT2D eigenvalue weighted by atomic mass is 16.5. The Morgan fingerprint density at radius 2 is 2.21 bits per heavy atom. The molecular weight excluding hydrogens is 178 g/mol. The molecule has 3 heteroatoms. The van der Waals surface area contributed by atoms with Gasteiger partial charge in [0.15, 0.2) is 0 Å². The Bertz CT molecular complexity index is 167. The van der Waals surface area contributed by atoms with Crippen LogP contribution < -0.4 is 5.32 Å². The SMILES string of the molecule is COCCC(C)C(C)(O)CNC1CC1. The summed E-state index contributed by atoms with van der Waals surface area (Å²) in [4.78, 5) is 0. The predicted molar refractivity (Wildman–Crippen MR) is 57.3 cm³/mol. The van der Waals surface area contributed by atoms with Gasteiger partial charge in [-0.15, -0.1) is 0 Å². The Kier molecular flexibility index (Phi) is 4.35. The monoisotopic (exact) mass is 201 g/mol. The fourth-order valence-electron chi connectivity index (χ4n) is 1.42. The topological polar surface area (TPSA) is 41.5 Å². The van der Waals surface area contributed by atoms with Gasteiger partial charge in [0.1, 0.15) is 0 Å². The first kappa shape index (κ1) is 12.0. The molecule has 0 spiro atoms. The van der Waals surface area contributed by atoms with E-state index in [4.69, 9.17) is 4.74 Å². The van der Waals surface area contributed by atoms with Gasteiger partial charge in [0.25, 0.3) is 0 Å². The van der Waals surface area contributed by atoms with Gasteiger partial charge < -0.3 is 15.2 Å². The first-order chi connectivity index (χ1) is 6.56. The van der Waals surface area contributed by atoms with E-state index >= 15 is 0 Å². The molecule has 84 valence electrons. The van der Waals surface area contributed by atoms with E-state index in [-0.39, 0.29) is 5.92 Å². The lowest BCUT2D eigenvalue weighted by atomic mass is 9.88. The smallest absolute Gasteiger partial charge is 0.0769 e. The van der Waals surface area contributed by atoms with Crippen LogP contribution in [0.5, 0.6) is 0 Å². The highest BCUT2D eigenvalue weighted by Crippen LogP contribution is 2.23. The number of rotatable bonds is 7. The molecule has 2 unspecified atom stereocenters. The Labute approximate surface area is 86.8 Å². The molecule has 1 saturated carbocycles. The third-order valence-corrected chi connectivity index (χ3v) is 3.14. The minimum absolute atomic E-state index is 0.272. The third-order valence-electron chi connectivity index (χ3n) is 3.14. The number of aliphatic hydroxyl groups is 1. The van der Waals surface area contributed by atoms with E-state index in [0.29, 0.717) is 12.6 Å². The Morgan fingerprint density at radius 3 is 2.71 bits per heavy atom. The van der Waals surface area contributed by atoms with Gasteiger partial charge in [-0.05, 0) is 32.1 Å². The van der Waals surface area contributed by atoms with Crippen molar-refractivity contribution in [3.8, 4) is 0 Å². The van der Waals surface area contributed by atoms with Gasteiger partial charge in [0.2, 0.25) is 0 Å². The summed E-state index contributed by atoms with van der Waals surface area (Å²) in [5.41, 5.74) is -0.610. The number of ether oxygens (including phenoxy) is 1. The van der Waals surface area contributed by atoms with Gasteiger partial charge in [0.05, 0.1) is 5.60 Å². The second-order valence-electron chi connectivity index (χ2n) is 4.69. The normalized spacial score (nSPS) is 23.1. The highest BCUT2D eigenvalue weighted by molar-refractivity contribution is 4.87. The summed E-state index contributed by atoms with van der Waals surface area (Å²) in [5, 5.41) is 13.5. The van der Waals surface area contributed by atoms with Crippen LogP contribution in [0.3, 0.4) is 0 Å². The van der Waals surface area contributed by atoms with Crippen molar-refractivity contribution in [2.75, 3.05) is 20.3 Å². The average Bonchev–Trinajstić information content (AvgIpc) is 2.94. The molecule has 0 bridgehead atoms. The second kappa shape index (κ2) is 5.10. The zero-order chi connectivity index (χ0) is 10.6. The zero-order valence-electron chi connectivity index (χ0n) is 9.55. The van der Waals surface area contributed by atoms with Crippen LogP contribution in [0.1, 0.15) is 33.1 Å². The molecule has 0 aliphatic heterocycles. The molecule has 1 rings (SSSR count). The van der Waals surface area contributed by atoms with Crippen molar-refractivity contribution >= 4 is 0 Å². The maximum Gasteiger partial charge on any atom is 0.0769 e. The summed E-state index contributed by atoms with van der Waals surface area (Å²) >= 11 is 0. The van der Waals surface area contributed by atoms with Gasteiger partial charge >= 0.3 is 0 Å². The molecule has 0 heterocycles. The lowest BCUT2D eigenvalue weighted by Crippen LogP contribution is -2.44. The van der Waals surface area contributed by atoms with E-state index in [2.05, 4.69) is 12.2 Å². The van der Waals surface area contributed by atoms with Crippen molar-refractivity contribution in [1.82, 2.24) is 5.32 Å². The van der Waals surface area contributed by atoms with Crippen LogP contribution in [-0.4, -0.2) is 37.0 Å². The predicted octanol–water partition coefficient (Wildman–Crippen LogP) is 1.16. The molecule has 2 N–H and O–H groups in total. The molecule has 0 saturated heterocycles. The number of nitrogens with one attached hydrogen (secondary N) is 1. The van der Waals surface area contributed by atoms with E-state index < -0.39 is 5.60 Å². The molecule has 0 aromatic carbocycles. The molecule has 14 heavy (non-hydrogen) atoms. The minimum atomic E-state index is -0.610. The Hall–Kier alpha value is -0.120. The summed E-state index contributed by atoms with van der Waals surface area (Å²) in [6.45, 7) is 5.40. The van der Waals surface area contributed by atoms with Crippen LogP contribution >= 0.6 is 0 Å². The molecular formula is C11H23NO2. The first-order valence-electron chi connectivity index (χ1n) is 5.51. The summed E-state index contributed by atoms with van der Waals surface area (Å²) < 4.78 is 5.01. The number of hydrogen-bond acceptors (Lipinski definition) is 3. The molecule has 0 amide bonds. The average molecular weight is 201 g/mol. The molecule has 1 fully saturated rings. The maximum absolute atomic E-state index is 10.2. The molecule has 0 aromatic rings. The van der Waals surface area contributed by atoms with Crippen LogP contribution in [0.15, 0.2) is 0 Å². The van der Waals surface area contributed by atoms with Crippen LogP contribution in [0.25, 0.3) is 0 Å². The summed E-state index contributed by atoms with van der Waals surface area (Å²) in [5.74, 6) is 0.272. The lowest BCUT2D eigenvalue weighted by molar-refractivity contribution is -0.00523. The van der Waals surface area contributed by atoms with E-state index in [0.717, 1.165) is 13.0 Å². The third kappa shape index (κ3) is 3.95.